The van der Waals surface area contributed by atoms with Gasteiger partial charge in [0, 0.05) is 10.7 Å². The molecule has 1 aromatic heterocycles. The van der Waals surface area contributed by atoms with Crippen molar-refractivity contribution in [3.8, 4) is 0 Å². The van der Waals surface area contributed by atoms with E-state index in [1.54, 1.807) is 12.1 Å². The maximum atomic E-state index is 13.4. The van der Waals surface area contributed by atoms with Crippen LogP contribution in [0.3, 0.4) is 0 Å². The van der Waals surface area contributed by atoms with Gasteiger partial charge in [0.1, 0.15) is 0 Å². The molecule has 0 fully saturated rings. The van der Waals surface area contributed by atoms with Gasteiger partial charge in [-0.2, -0.15) is 4.39 Å². The number of hydrogen-bond acceptors (Lipinski definition) is 2. The van der Waals surface area contributed by atoms with Crippen LogP contribution in [-0.2, 0) is 0 Å². The van der Waals surface area contributed by atoms with E-state index in [2.05, 4.69) is 26.2 Å². The molecule has 0 aliphatic heterocycles. The molecule has 0 saturated carbocycles. The van der Waals surface area contributed by atoms with Crippen LogP contribution in [0.25, 0.3) is 0 Å². The summed E-state index contributed by atoms with van der Waals surface area (Å²) in [7, 11) is 0. The fraction of sp³-hybridized carbons (Fsp3) is 0.0769. The van der Waals surface area contributed by atoms with E-state index in [1.807, 2.05) is 13.0 Å². The maximum Gasteiger partial charge on any atom is 0.258 e. The van der Waals surface area contributed by atoms with E-state index in [-0.39, 0.29) is 5.56 Å². The SMILES string of the molecule is Cc1cccc(NC(=O)c2ccnc(F)c2F)c1Br. The number of pyridine rings is 1. The Kier molecular flexibility index (Phi) is 3.90. The Bertz CT molecular complexity index is 647. The van der Waals surface area contributed by atoms with Crippen molar-refractivity contribution in [2.24, 2.45) is 0 Å². The number of rotatable bonds is 2. The second-order valence-corrected chi connectivity index (χ2v) is 4.65. The van der Waals surface area contributed by atoms with E-state index in [9.17, 15) is 13.6 Å². The van der Waals surface area contributed by atoms with Crippen LogP contribution in [0.15, 0.2) is 34.9 Å². The molecule has 1 heterocycles. The van der Waals surface area contributed by atoms with Gasteiger partial charge < -0.3 is 5.32 Å². The number of hydrogen-bond donors (Lipinski definition) is 1. The average molecular weight is 327 g/mol. The van der Waals surface area contributed by atoms with Crippen LogP contribution in [0.4, 0.5) is 14.5 Å². The highest BCUT2D eigenvalue weighted by molar-refractivity contribution is 9.10. The molecule has 3 nitrogen and oxygen atoms in total. The molecule has 0 unspecified atom stereocenters. The number of amides is 1. The average Bonchev–Trinajstić information content (AvgIpc) is 2.38. The van der Waals surface area contributed by atoms with Crippen LogP contribution in [0, 0.1) is 18.7 Å². The molecule has 98 valence electrons. The van der Waals surface area contributed by atoms with Crippen molar-refractivity contribution in [2.45, 2.75) is 6.92 Å². The number of carbonyl (C=O) groups is 1. The molecule has 2 aromatic rings. The Hall–Kier alpha value is -1.82. The van der Waals surface area contributed by atoms with Crippen LogP contribution in [-0.4, -0.2) is 10.9 Å². The third-order valence-electron chi connectivity index (χ3n) is 2.53. The first-order valence-corrected chi connectivity index (χ1v) is 6.16. The molecule has 0 radical (unpaired) electrons. The lowest BCUT2D eigenvalue weighted by molar-refractivity contribution is 0.102. The third-order valence-corrected chi connectivity index (χ3v) is 3.58. The van der Waals surface area contributed by atoms with Gasteiger partial charge in [0.05, 0.1) is 11.3 Å². The molecular weight excluding hydrogens is 318 g/mol. The summed E-state index contributed by atoms with van der Waals surface area (Å²) in [6.07, 6.45) is 1.04. The number of nitrogens with zero attached hydrogens (tertiary/aromatic N) is 1. The molecule has 2 rings (SSSR count). The monoisotopic (exact) mass is 326 g/mol. The summed E-state index contributed by atoms with van der Waals surface area (Å²) in [4.78, 5) is 15.0. The molecule has 0 aliphatic carbocycles. The maximum absolute atomic E-state index is 13.4. The first kappa shape index (κ1) is 13.6. The zero-order chi connectivity index (χ0) is 14.0. The van der Waals surface area contributed by atoms with Crippen LogP contribution in [0.2, 0.25) is 0 Å². The minimum Gasteiger partial charge on any atom is -0.321 e. The number of aromatic nitrogens is 1. The lowest BCUT2D eigenvalue weighted by Gasteiger charge is -2.09. The molecule has 0 aliphatic rings. The van der Waals surface area contributed by atoms with Gasteiger partial charge in [0.2, 0.25) is 5.95 Å². The zero-order valence-electron chi connectivity index (χ0n) is 9.88. The third kappa shape index (κ3) is 2.78. The lowest BCUT2D eigenvalue weighted by Crippen LogP contribution is -2.15. The van der Waals surface area contributed by atoms with Gasteiger partial charge in [-0.1, -0.05) is 12.1 Å². The standard InChI is InChI=1S/C13H9BrF2N2O/c1-7-3-2-4-9(10(7)14)18-13(19)8-5-6-17-12(16)11(8)15/h2-6H,1H3,(H,18,19). The fourth-order valence-electron chi connectivity index (χ4n) is 1.53. The van der Waals surface area contributed by atoms with E-state index < -0.39 is 17.7 Å². The largest absolute Gasteiger partial charge is 0.321 e. The number of halogens is 3. The Morgan fingerprint density at radius 2 is 2.05 bits per heavy atom. The van der Waals surface area contributed by atoms with Crippen LogP contribution in [0.1, 0.15) is 15.9 Å². The minimum atomic E-state index is -1.30. The molecular formula is C13H9BrF2N2O. The molecule has 1 N–H and O–H groups in total. The van der Waals surface area contributed by atoms with Crippen molar-refractivity contribution in [3.63, 3.8) is 0 Å². The van der Waals surface area contributed by atoms with Crippen molar-refractivity contribution >= 4 is 27.5 Å². The van der Waals surface area contributed by atoms with Crippen LogP contribution < -0.4 is 5.32 Å². The van der Waals surface area contributed by atoms with Gasteiger partial charge >= 0.3 is 0 Å². The Labute approximate surface area is 116 Å². The van der Waals surface area contributed by atoms with Gasteiger partial charge in [-0.3, -0.25) is 4.79 Å². The van der Waals surface area contributed by atoms with Crippen molar-refractivity contribution in [1.29, 1.82) is 0 Å². The quantitative estimate of drug-likeness (QED) is 0.855. The Balaban J connectivity index is 2.31. The highest BCUT2D eigenvalue weighted by Gasteiger charge is 2.17. The van der Waals surface area contributed by atoms with Gasteiger partial charge in [0.15, 0.2) is 5.82 Å². The first-order valence-electron chi connectivity index (χ1n) is 5.37. The van der Waals surface area contributed by atoms with Crippen molar-refractivity contribution in [2.75, 3.05) is 5.32 Å². The van der Waals surface area contributed by atoms with E-state index in [1.165, 1.54) is 0 Å². The lowest BCUT2D eigenvalue weighted by atomic mass is 10.2. The number of carbonyl (C=O) groups excluding carboxylic acids is 1. The van der Waals surface area contributed by atoms with Crippen molar-refractivity contribution < 1.29 is 13.6 Å². The second kappa shape index (κ2) is 5.44. The minimum absolute atomic E-state index is 0.388. The fourth-order valence-corrected chi connectivity index (χ4v) is 1.89. The van der Waals surface area contributed by atoms with Gasteiger partial charge in [-0.25, -0.2) is 9.37 Å². The predicted octanol–water partition coefficient (Wildman–Crippen LogP) is 3.68. The molecule has 0 bridgehead atoms. The Morgan fingerprint density at radius 1 is 1.32 bits per heavy atom. The van der Waals surface area contributed by atoms with Gasteiger partial charge in [-0.15, -0.1) is 0 Å². The van der Waals surface area contributed by atoms with Crippen LogP contribution >= 0.6 is 15.9 Å². The van der Waals surface area contributed by atoms with Crippen molar-refractivity contribution in [3.05, 3.63) is 57.8 Å². The number of benzene rings is 1. The molecule has 0 atom stereocenters. The normalized spacial score (nSPS) is 10.3. The summed E-state index contributed by atoms with van der Waals surface area (Å²) in [5.74, 6) is -3.29. The summed E-state index contributed by atoms with van der Waals surface area (Å²) >= 11 is 3.32. The van der Waals surface area contributed by atoms with E-state index in [0.717, 1.165) is 17.8 Å². The Morgan fingerprint density at radius 3 is 2.79 bits per heavy atom. The molecule has 1 amide bonds. The second-order valence-electron chi connectivity index (χ2n) is 3.85. The number of nitrogens with one attached hydrogen (secondary N) is 1. The smallest absolute Gasteiger partial charge is 0.258 e. The number of anilines is 1. The molecule has 19 heavy (non-hydrogen) atoms. The zero-order valence-corrected chi connectivity index (χ0v) is 11.5. The van der Waals surface area contributed by atoms with E-state index >= 15 is 0 Å². The molecule has 0 spiro atoms. The summed E-state index contributed by atoms with van der Waals surface area (Å²) in [6, 6.07) is 6.38. The number of aryl methyl sites for hydroxylation is 1. The molecule has 0 saturated heterocycles. The highest BCUT2D eigenvalue weighted by atomic mass is 79.9. The highest BCUT2D eigenvalue weighted by Crippen LogP contribution is 2.26. The van der Waals surface area contributed by atoms with Crippen molar-refractivity contribution in [1.82, 2.24) is 4.98 Å². The van der Waals surface area contributed by atoms with Gasteiger partial charge in [-0.05, 0) is 40.5 Å². The first-order chi connectivity index (χ1) is 9.00. The van der Waals surface area contributed by atoms with Gasteiger partial charge in [0.25, 0.3) is 5.91 Å². The van der Waals surface area contributed by atoms with Crippen LogP contribution in [0.5, 0.6) is 0 Å². The topological polar surface area (TPSA) is 42.0 Å². The summed E-state index contributed by atoms with van der Waals surface area (Å²) < 4.78 is 27.1. The van der Waals surface area contributed by atoms with E-state index in [0.29, 0.717) is 10.2 Å². The summed E-state index contributed by atoms with van der Waals surface area (Å²) in [6.45, 7) is 1.85. The predicted molar refractivity (Wildman–Crippen MR) is 71.0 cm³/mol. The molecule has 6 heteroatoms. The summed E-state index contributed by atoms with van der Waals surface area (Å²) in [5, 5.41) is 2.52. The van der Waals surface area contributed by atoms with E-state index in [4.69, 9.17) is 0 Å². The molecule has 1 aromatic carbocycles. The summed E-state index contributed by atoms with van der Waals surface area (Å²) in [5.41, 5.74) is 1.02.